The van der Waals surface area contributed by atoms with Crippen molar-refractivity contribution < 1.29 is 0 Å². The first-order chi connectivity index (χ1) is 8.81. The molecule has 0 radical (unpaired) electrons. The van der Waals surface area contributed by atoms with Crippen molar-refractivity contribution in [1.82, 2.24) is 4.98 Å². The number of benzene rings is 2. The highest BCUT2D eigenvalue weighted by Gasteiger charge is 1.99. The quantitative estimate of drug-likeness (QED) is 0.648. The third kappa shape index (κ3) is 2.25. The SMILES string of the molecule is Cc1ccc2cc(Cc3cccnc3)ccc2c1. The first-order valence-electron chi connectivity index (χ1n) is 6.19. The van der Waals surface area contributed by atoms with Gasteiger partial charge in [-0.1, -0.05) is 48.0 Å². The normalized spacial score (nSPS) is 10.7. The van der Waals surface area contributed by atoms with Crippen LogP contribution in [0.25, 0.3) is 10.8 Å². The van der Waals surface area contributed by atoms with E-state index in [1.165, 1.54) is 27.5 Å². The van der Waals surface area contributed by atoms with E-state index >= 15 is 0 Å². The minimum atomic E-state index is 0.942. The Kier molecular flexibility index (Phi) is 2.81. The van der Waals surface area contributed by atoms with E-state index in [1.807, 2.05) is 18.5 Å². The van der Waals surface area contributed by atoms with Crippen molar-refractivity contribution in [3.05, 3.63) is 77.6 Å². The van der Waals surface area contributed by atoms with Crippen LogP contribution in [-0.4, -0.2) is 4.98 Å². The third-order valence-corrected chi connectivity index (χ3v) is 3.19. The molecule has 1 heteroatoms. The molecule has 0 saturated heterocycles. The predicted octanol–water partition coefficient (Wildman–Crippen LogP) is 4.13. The molecule has 88 valence electrons. The fraction of sp³-hybridized carbons (Fsp3) is 0.118. The summed E-state index contributed by atoms with van der Waals surface area (Å²) >= 11 is 0. The Morgan fingerprint density at radius 1 is 0.889 bits per heavy atom. The van der Waals surface area contributed by atoms with E-state index in [4.69, 9.17) is 0 Å². The van der Waals surface area contributed by atoms with Gasteiger partial charge < -0.3 is 0 Å². The number of aryl methyl sites for hydroxylation is 1. The summed E-state index contributed by atoms with van der Waals surface area (Å²) in [5.41, 5.74) is 3.89. The Morgan fingerprint density at radius 3 is 2.56 bits per heavy atom. The van der Waals surface area contributed by atoms with Gasteiger partial charge >= 0.3 is 0 Å². The first kappa shape index (κ1) is 11.0. The molecule has 0 spiro atoms. The van der Waals surface area contributed by atoms with Crippen molar-refractivity contribution in [2.75, 3.05) is 0 Å². The Labute approximate surface area is 107 Å². The Balaban J connectivity index is 1.96. The van der Waals surface area contributed by atoms with Crippen LogP contribution in [0.5, 0.6) is 0 Å². The summed E-state index contributed by atoms with van der Waals surface area (Å²) in [4.78, 5) is 4.15. The maximum absolute atomic E-state index is 4.15. The highest BCUT2D eigenvalue weighted by Crippen LogP contribution is 2.19. The van der Waals surface area contributed by atoms with Crippen LogP contribution in [0.15, 0.2) is 60.9 Å². The second kappa shape index (κ2) is 4.61. The molecule has 0 amide bonds. The lowest BCUT2D eigenvalue weighted by molar-refractivity contribution is 1.15. The fourth-order valence-electron chi connectivity index (χ4n) is 2.26. The summed E-state index contributed by atoms with van der Waals surface area (Å²) in [6, 6.07) is 17.4. The van der Waals surface area contributed by atoms with Gasteiger partial charge in [0.15, 0.2) is 0 Å². The van der Waals surface area contributed by atoms with E-state index in [0.29, 0.717) is 0 Å². The van der Waals surface area contributed by atoms with Crippen LogP contribution >= 0.6 is 0 Å². The average molecular weight is 233 g/mol. The number of rotatable bonds is 2. The molecule has 0 fully saturated rings. The van der Waals surface area contributed by atoms with Crippen molar-refractivity contribution in [1.29, 1.82) is 0 Å². The first-order valence-corrected chi connectivity index (χ1v) is 6.19. The number of aromatic nitrogens is 1. The molecular weight excluding hydrogens is 218 g/mol. The van der Waals surface area contributed by atoms with Gasteiger partial charge in [0.05, 0.1) is 0 Å². The van der Waals surface area contributed by atoms with E-state index in [0.717, 1.165) is 6.42 Å². The van der Waals surface area contributed by atoms with E-state index in [1.54, 1.807) is 0 Å². The third-order valence-electron chi connectivity index (χ3n) is 3.19. The summed E-state index contributed by atoms with van der Waals surface area (Å²) in [7, 11) is 0. The van der Waals surface area contributed by atoms with Gasteiger partial charge in [-0.05, 0) is 41.3 Å². The standard InChI is InChI=1S/C17H15N/c1-13-4-6-17-11-14(5-7-16(17)9-13)10-15-3-2-8-18-12-15/h2-9,11-12H,10H2,1H3. The molecule has 18 heavy (non-hydrogen) atoms. The average Bonchev–Trinajstić information content (AvgIpc) is 2.40. The molecule has 3 aromatic rings. The topological polar surface area (TPSA) is 12.9 Å². The van der Waals surface area contributed by atoms with Crippen LogP contribution in [0.3, 0.4) is 0 Å². The van der Waals surface area contributed by atoms with Gasteiger partial charge in [-0.15, -0.1) is 0 Å². The molecule has 0 aliphatic carbocycles. The van der Waals surface area contributed by atoms with Crippen molar-refractivity contribution in [3.63, 3.8) is 0 Å². The van der Waals surface area contributed by atoms with Crippen LogP contribution in [0, 0.1) is 6.92 Å². The van der Waals surface area contributed by atoms with Gasteiger partial charge in [-0.2, -0.15) is 0 Å². The Bertz CT molecular complexity index is 672. The Morgan fingerprint density at radius 2 is 1.72 bits per heavy atom. The lowest BCUT2D eigenvalue weighted by Gasteiger charge is -2.04. The Hall–Kier alpha value is -2.15. The largest absolute Gasteiger partial charge is 0.264 e. The van der Waals surface area contributed by atoms with E-state index in [2.05, 4.69) is 54.4 Å². The van der Waals surface area contributed by atoms with Crippen molar-refractivity contribution >= 4 is 10.8 Å². The maximum Gasteiger partial charge on any atom is 0.0303 e. The summed E-state index contributed by atoms with van der Waals surface area (Å²) in [6.45, 7) is 2.13. The second-order valence-corrected chi connectivity index (χ2v) is 4.72. The molecule has 0 N–H and O–H groups in total. The summed E-state index contributed by atoms with van der Waals surface area (Å²) in [5, 5.41) is 2.62. The van der Waals surface area contributed by atoms with Crippen LogP contribution in [0.4, 0.5) is 0 Å². The van der Waals surface area contributed by atoms with Gasteiger partial charge in [0.25, 0.3) is 0 Å². The highest BCUT2D eigenvalue weighted by atomic mass is 14.6. The molecule has 0 aliphatic rings. The molecule has 1 aromatic heterocycles. The molecule has 2 aromatic carbocycles. The van der Waals surface area contributed by atoms with E-state index in [-0.39, 0.29) is 0 Å². The van der Waals surface area contributed by atoms with E-state index in [9.17, 15) is 0 Å². The summed E-state index contributed by atoms with van der Waals surface area (Å²) in [6.07, 6.45) is 4.68. The van der Waals surface area contributed by atoms with Gasteiger partial charge in [0, 0.05) is 12.4 Å². The molecule has 0 aliphatic heterocycles. The van der Waals surface area contributed by atoms with Gasteiger partial charge in [0.1, 0.15) is 0 Å². The van der Waals surface area contributed by atoms with Gasteiger partial charge in [0.2, 0.25) is 0 Å². The highest BCUT2D eigenvalue weighted by molar-refractivity contribution is 5.83. The predicted molar refractivity (Wildman–Crippen MR) is 75.7 cm³/mol. The second-order valence-electron chi connectivity index (χ2n) is 4.72. The van der Waals surface area contributed by atoms with Crippen LogP contribution in [0.2, 0.25) is 0 Å². The smallest absolute Gasteiger partial charge is 0.0303 e. The van der Waals surface area contributed by atoms with Crippen LogP contribution in [0.1, 0.15) is 16.7 Å². The van der Waals surface area contributed by atoms with Crippen LogP contribution in [-0.2, 0) is 6.42 Å². The zero-order chi connectivity index (χ0) is 12.4. The maximum atomic E-state index is 4.15. The molecule has 0 atom stereocenters. The minimum absolute atomic E-state index is 0.942. The van der Waals surface area contributed by atoms with Crippen molar-refractivity contribution in [2.45, 2.75) is 13.3 Å². The van der Waals surface area contributed by atoms with Crippen LogP contribution < -0.4 is 0 Å². The number of fused-ring (bicyclic) bond motifs is 1. The monoisotopic (exact) mass is 233 g/mol. The van der Waals surface area contributed by atoms with Crippen molar-refractivity contribution in [3.8, 4) is 0 Å². The van der Waals surface area contributed by atoms with Gasteiger partial charge in [-0.3, -0.25) is 4.98 Å². The fourth-order valence-corrected chi connectivity index (χ4v) is 2.26. The lowest BCUT2D eigenvalue weighted by Crippen LogP contribution is -1.89. The number of nitrogens with zero attached hydrogens (tertiary/aromatic N) is 1. The number of hydrogen-bond donors (Lipinski definition) is 0. The number of pyridine rings is 1. The summed E-state index contributed by atoms with van der Waals surface area (Å²) in [5.74, 6) is 0. The minimum Gasteiger partial charge on any atom is -0.264 e. The lowest BCUT2D eigenvalue weighted by atomic mass is 10.0. The van der Waals surface area contributed by atoms with Crippen molar-refractivity contribution in [2.24, 2.45) is 0 Å². The molecule has 1 heterocycles. The van der Waals surface area contributed by atoms with Gasteiger partial charge in [-0.25, -0.2) is 0 Å². The summed E-state index contributed by atoms with van der Waals surface area (Å²) < 4.78 is 0. The molecular formula is C17H15N. The molecule has 0 unspecified atom stereocenters. The number of hydrogen-bond acceptors (Lipinski definition) is 1. The molecule has 0 bridgehead atoms. The zero-order valence-electron chi connectivity index (χ0n) is 10.4. The van der Waals surface area contributed by atoms with E-state index < -0.39 is 0 Å². The zero-order valence-corrected chi connectivity index (χ0v) is 10.4. The molecule has 3 rings (SSSR count). The molecule has 1 nitrogen and oxygen atoms in total. The molecule has 0 saturated carbocycles.